The maximum absolute atomic E-state index is 10.7. The fraction of sp³-hybridized carbons (Fsp3) is 0.455. The molecule has 2 aromatic carbocycles. The van der Waals surface area contributed by atoms with Crippen LogP contribution in [-0.2, 0) is 18.3 Å². The lowest BCUT2D eigenvalue weighted by atomic mass is 9.84. The van der Waals surface area contributed by atoms with Crippen LogP contribution < -0.4 is 0 Å². The van der Waals surface area contributed by atoms with Crippen molar-refractivity contribution in [2.45, 2.75) is 65.7 Å². The molecule has 24 heavy (non-hydrogen) atoms. The predicted molar refractivity (Wildman–Crippen MR) is 101 cm³/mol. The number of rotatable bonds is 4. The Balaban J connectivity index is 2.51. The van der Waals surface area contributed by atoms with Gasteiger partial charge in [-0.05, 0) is 45.6 Å². The van der Waals surface area contributed by atoms with Crippen molar-refractivity contribution >= 4 is 0 Å². The van der Waals surface area contributed by atoms with Gasteiger partial charge in [0.15, 0.2) is 0 Å². The largest absolute Gasteiger partial charge is 0.507 e. The van der Waals surface area contributed by atoms with E-state index in [-0.39, 0.29) is 11.3 Å². The van der Waals surface area contributed by atoms with Crippen LogP contribution in [0.2, 0.25) is 0 Å². The molecule has 0 aliphatic rings. The van der Waals surface area contributed by atoms with Crippen LogP contribution in [0.15, 0.2) is 30.3 Å². The summed E-state index contributed by atoms with van der Waals surface area (Å²) in [5.41, 5.74) is 4.78. The fourth-order valence-electron chi connectivity index (χ4n) is 3.11. The summed E-state index contributed by atoms with van der Waals surface area (Å²) in [7, 11) is 0. The van der Waals surface area contributed by atoms with E-state index in [1.165, 1.54) is 5.56 Å². The maximum atomic E-state index is 10.7. The average molecular weight is 326 g/mol. The smallest absolute Gasteiger partial charge is 0.122 e. The van der Waals surface area contributed by atoms with E-state index in [0.717, 1.165) is 28.7 Å². The summed E-state index contributed by atoms with van der Waals surface area (Å²) < 4.78 is 0. The molecule has 0 heterocycles. The van der Waals surface area contributed by atoms with E-state index >= 15 is 0 Å². The molecule has 0 amide bonds. The summed E-state index contributed by atoms with van der Waals surface area (Å²) in [6.45, 7) is 12.6. The molecule has 0 saturated heterocycles. The molecule has 0 aliphatic heterocycles. The van der Waals surface area contributed by atoms with E-state index in [4.69, 9.17) is 0 Å². The summed E-state index contributed by atoms with van der Waals surface area (Å²) in [4.78, 5) is 0. The lowest BCUT2D eigenvalue weighted by Crippen LogP contribution is -2.12. The van der Waals surface area contributed by atoms with E-state index in [2.05, 4.69) is 53.7 Å². The first-order valence-electron chi connectivity index (χ1n) is 8.81. The Bertz CT molecular complexity index is 721. The fourth-order valence-corrected chi connectivity index (χ4v) is 3.11. The number of phenols is 2. The Kier molecular flexibility index (Phi) is 5.27. The third-order valence-electron chi connectivity index (χ3n) is 4.62. The van der Waals surface area contributed by atoms with Gasteiger partial charge in [-0.25, -0.2) is 0 Å². The van der Waals surface area contributed by atoms with Crippen LogP contribution in [0.4, 0.5) is 0 Å². The lowest BCUT2D eigenvalue weighted by molar-refractivity contribution is 0.439. The molecule has 0 bridgehead atoms. The van der Waals surface area contributed by atoms with Crippen molar-refractivity contribution in [1.29, 1.82) is 0 Å². The molecule has 130 valence electrons. The van der Waals surface area contributed by atoms with E-state index in [9.17, 15) is 10.2 Å². The van der Waals surface area contributed by atoms with Crippen molar-refractivity contribution in [2.24, 2.45) is 0 Å². The van der Waals surface area contributed by atoms with Crippen molar-refractivity contribution in [2.75, 3.05) is 0 Å². The highest BCUT2D eigenvalue weighted by Gasteiger charge is 2.21. The second kappa shape index (κ2) is 6.88. The van der Waals surface area contributed by atoms with Gasteiger partial charge in [0.1, 0.15) is 11.5 Å². The minimum atomic E-state index is -0.115. The van der Waals surface area contributed by atoms with Gasteiger partial charge in [-0.3, -0.25) is 0 Å². The summed E-state index contributed by atoms with van der Waals surface area (Å²) >= 11 is 0. The van der Waals surface area contributed by atoms with Gasteiger partial charge in [-0.1, -0.05) is 71.9 Å². The molecular formula is C22H30O2. The van der Waals surface area contributed by atoms with E-state index in [1.807, 2.05) is 18.2 Å². The molecule has 0 spiro atoms. The van der Waals surface area contributed by atoms with E-state index < -0.39 is 0 Å². The molecule has 0 saturated carbocycles. The third kappa shape index (κ3) is 3.75. The van der Waals surface area contributed by atoms with E-state index in [1.54, 1.807) is 0 Å². The first-order valence-corrected chi connectivity index (χ1v) is 8.81. The summed E-state index contributed by atoms with van der Waals surface area (Å²) in [5, 5.41) is 21.4. The molecular weight excluding hydrogens is 296 g/mol. The number of aryl methyl sites for hydroxylation is 1. The lowest BCUT2D eigenvalue weighted by Gasteiger charge is -2.22. The normalized spacial score (nSPS) is 12.0. The number of hydrogen-bond donors (Lipinski definition) is 2. The first-order chi connectivity index (χ1) is 11.1. The van der Waals surface area contributed by atoms with Crippen LogP contribution in [0.25, 0.3) is 0 Å². The SMILES string of the molecule is CCc1cc(Cc2cccc(C(C)(C)C)c2O)c(O)c(C(C)C)c1. The molecule has 2 rings (SSSR count). The van der Waals surface area contributed by atoms with Crippen LogP contribution in [0.1, 0.15) is 75.3 Å². The molecule has 0 aliphatic carbocycles. The van der Waals surface area contributed by atoms with Gasteiger partial charge in [0.2, 0.25) is 0 Å². The number of phenolic OH excluding ortho intramolecular Hbond substituents is 2. The molecule has 2 heteroatoms. The van der Waals surface area contributed by atoms with Gasteiger partial charge < -0.3 is 10.2 Å². The van der Waals surface area contributed by atoms with Crippen LogP contribution in [0.5, 0.6) is 11.5 Å². The average Bonchev–Trinajstić information content (AvgIpc) is 2.49. The van der Waals surface area contributed by atoms with Crippen molar-refractivity contribution in [3.05, 3.63) is 58.1 Å². The summed E-state index contributed by atoms with van der Waals surface area (Å²) in [5.74, 6) is 0.977. The predicted octanol–water partition coefficient (Wildman–Crippen LogP) is 5.67. The quantitative estimate of drug-likeness (QED) is 0.759. The van der Waals surface area contributed by atoms with E-state index in [0.29, 0.717) is 17.9 Å². The van der Waals surface area contributed by atoms with Crippen LogP contribution >= 0.6 is 0 Å². The van der Waals surface area contributed by atoms with Gasteiger partial charge in [-0.15, -0.1) is 0 Å². The minimum absolute atomic E-state index is 0.115. The Morgan fingerprint density at radius 2 is 1.62 bits per heavy atom. The summed E-state index contributed by atoms with van der Waals surface area (Å²) in [6, 6.07) is 10.1. The zero-order valence-corrected chi connectivity index (χ0v) is 15.8. The molecule has 0 radical (unpaired) electrons. The second-order valence-electron chi connectivity index (χ2n) is 7.94. The molecule has 0 fully saturated rings. The first kappa shape index (κ1) is 18.4. The minimum Gasteiger partial charge on any atom is -0.507 e. The Morgan fingerprint density at radius 3 is 2.17 bits per heavy atom. The van der Waals surface area contributed by atoms with Crippen LogP contribution in [0, 0.1) is 0 Å². The molecule has 0 unspecified atom stereocenters. The zero-order chi connectivity index (χ0) is 18.1. The highest BCUT2D eigenvalue weighted by Crippen LogP contribution is 2.37. The van der Waals surface area contributed by atoms with Gasteiger partial charge in [0.25, 0.3) is 0 Å². The Labute approximate surface area is 146 Å². The molecule has 2 nitrogen and oxygen atoms in total. The molecule has 0 atom stereocenters. The van der Waals surface area contributed by atoms with Gasteiger partial charge in [0.05, 0.1) is 0 Å². The molecule has 0 aromatic heterocycles. The van der Waals surface area contributed by atoms with Crippen molar-refractivity contribution in [3.63, 3.8) is 0 Å². The van der Waals surface area contributed by atoms with Gasteiger partial charge in [0, 0.05) is 6.42 Å². The van der Waals surface area contributed by atoms with Crippen molar-refractivity contribution in [1.82, 2.24) is 0 Å². The number of aromatic hydroxyl groups is 2. The van der Waals surface area contributed by atoms with Crippen LogP contribution in [-0.4, -0.2) is 10.2 Å². The van der Waals surface area contributed by atoms with Gasteiger partial charge in [-0.2, -0.15) is 0 Å². The highest BCUT2D eigenvalue weighted by molar-refractivity contribution is 5.51. The number of benzene rings is 2. The Hall–Kier alpha value is -1.96. The molecule has 2 N–H and O–H groups in total. The monoisotopic (exact) mass is 326 g/mol. The number of hydrogen-bond acceptors (Lipinski definition) is 2. The third-order valence-corrected chi connectivity index (χ3v) is 4.62. The summed E-state index contributed by atoms with van der Waals surface area (Å²) in [6.07, 6.45) is 1.47. The number of para-hydroxylation sites is 1. The topological polar surface area (TPSA) is 40.5 Å². The van der Waals surface area contributed by atoms with Crippen molar-refractivity contribution < 1.29 is 10.2 Å². The maximum Gasteiger partial charge on any atom is 0.122 e. The van der Waals surface area contributed by atoms with Crippen LogP contribution in [0.3, 0.4) is 0 Å². The standard InChI is InChI=1S/C22H30O2/c1-7-15-11-17(20(23)18(12-15)14(2)3)13-16-9-8-10-19(21(16)24)22(4,5)6/h8-12,14,23-24H,7,13H2,1-6H3. The second-order valence-corrected chi connectivity index (χ2v) is 7.94. The van der Waals surface area contributed by atoms with Gasteiger partial charge >= 0.3 is 0 Å². The van der Waals surface area contributed by atoms with Crippen molar-refractivity contribution in [3.8, 4) is 11.5 Å². The molecule has 2 aromatic rings. The highest BCUT2D eigenvalue weighted by atomic mass is 16.3. The Morgan fingerprint density at radius 1 is 0.958 bits per heavy atom. The zero-order valence-electron chi connectivity index (χ0n) is 15.8.